The summed E-state index contributed by atoms with van der Waals surface area (Å²) in [6.07, 6.45) is 1.55. The number of para-hydroxylation sites is 1. The highest BCUT2D eigenvalue weighted by atomic mass is 16.5. The molecule has 0 spiro atoms. The fourth-order valence-electron chi connectivity index (χ4n) is 0.910. The van der Waals surface area contributed by atoms with Gasteiger partial charge in [-0.1, -0.05) is 24.8 Å². The van der Waals surface area contributed by atoms with E-state index in [9.17, 15) is 9.90 Å². The zero-order valence-corrected chi connectivity index (χ0v) is 7.03. The van der Waals surface area contributed by atoms with E-state index in [0.29, 0.717) is 5.75 Å². The number of hydrogen-bond donors (Lipinski definition) is 0. The van der Waals surface area contributed by atoms with Gasteiger partial charge in [-0.25, -0.2) is 0 Å². The van der Waals surface area contributed by atoms with Crippen molar-refractivity contribution < 1.29 is 14.6 Å². The van der Waals surface area contributed by atoms with Gasteiger partial charge in [0.1, 0.15) is 12.4 Å². The molecule has 0 N–H and O–H groups in total. The first-order valence-electron chi connectivity index (χ1n) is 3.79. The molecular formula is C10H9O3-. The van der Waals surface area contributed by atoms with E-state index in [-0.39, 0.29) is 12.2 Å². The van der Waals surface area contributed by atoms with Crippen LogP contribution in [0.4, 0.5) is 0 Å². The predicted molar refractivity (Wildman–Crippen MR) is 46.5 cm³/mol. The van der Waals surface area contributed by atoms with Gasteiger partial charge in [0, 0.05) is 5.56 Å². The minimum absolute atomic E-state index is 0.0596. The van der Waals surface area contributed by atoms with E-state index in [1.165, 1.54) is 6.07 Å². The van der Waals surface area contributed by atoms with Crippen molar-refractivity contribution in [2.75, 3.05) is 6.61 Å². The molecule has 0 radical (unpaired) electrons. The summed E-state index contributed by atoms with van der Waals surface area (Å²) in [5.41, 5.74) is 0.0596. The summed E-state index contributed by atoms with van der Waals surface area (Å²) >= 11 is 0. The molecule has 0 bridgehead atoms. The van der Waals surface area contributed by atoms with E-state index in [1.54, 1.807) is 24.3 Å². The molecule has 0 aromatic heterocycles. The van der Waals surface area contributed by atoms with E-state index in [2.05, 4.69) is 6.58 Å². The normalized spacial score (nSPS) is 9.23. The first-order valence-corrected chi connectivity index (χ1v) is 3.79. The van der Waals surface area contributed by atoms with Crippen molar-refractivity contribution in [3.05, 3.63) is 42.5 Å². The number of ether oxygens (including phenoxy) is 1. The third kappa shape index (κ3) is 2.33. The number of carbonyl (C=O) groups is 1. The fraction of sp³-hybridized carbons (Fsp3) is 0.100. The Balaban J connectivity index is 2.90. The van der Waals surface area contributed by atoms with Gasteiger partial charge in [-0.3, -0.25) is 0 Å². The van der Waals surface area contributed by atoms with Crippen LogP contribution in [0.15, 0.2) is 36.9 Å². The second-order valence-corrected chi connectivity index (χ2v) is 2.38. The molecule has 3 heteroatoms. The molecule has 0 heterocycles. The summed E-state index contributed by atoms with van der Waals surface area (Å²) in [5, 5.41) is 10.6. The number of benzene rings is 1. The van der Waals surface area contributed by atoms with Crippen molar-refractivity contribution in [1.82, 2.24) is 0 Å². The molecule has 0 unspecified atom stereocenters. The standard InChI is InChI=1S/C10H10O3/c1-2-7-13-9-6-4-3-5-8(9)10(11)12/h2-6H,1,7H2,(H,11,12)/p-1. The molecule has 0 atom stereocenters. The van der Waals surface area contributed by atoms with Crippen molar-refractivity contribution in [3.63, 3.8) is 0 Å². The molecule has 3 nitrogen and oxygen atoms in total. The monoisotopic (exact) mass is 177 g/mol. The average Bonchev–Trinajstić information content (AvgIpc) is 2.15. The SMILES string of the molecule is C=CCOc1ccccc1C(=O)[O-]. The summed E-state index contributed by atoms with van der Waals surface area (Å²) in [7, 11) is 0. The maximum absolute atomic E-state index is 10.6. The second kappa shape index (κ2) is 4.30. The van der Waals surface area contributed by atoms with E-state index in [4.69, 9.17) is 4.74 Å². The molecule has 0 fully saturated rings. The lowest BCUT2D eigenvalue weighted by Crippen LogP contribution is -2.23. The van der Waals surface area contributed by atoms with Crippen LogP contribution in [0, 0.1) is 0 Å². The Labute approximate surface area is 76.3 Å². The van der Waals surface area contributed by atoms with Gasteiger partial charge < -0.3 is 14.6 Å². The first kappa shape index (κ1) is 9.32. The quantitative estimate of drug-likeness (QED) is 0.633. The lowest BCUT2D eigenvalue weighted by atomic mass is 10.2. The average molecular weight is 177 g/mol. The lowest BCUT2D eigenvalue weighted by Gasteiger charge is -2.09. The van der Waals surface area contributed by atoms with Gasteiger partial charge in [0.05, 0.1) is 5.97 Å². The lowest BCUT2D eigenvalue weighted by molar-refractivity contribution is -0.255. The largest absolute Gasteiger partial charge is 0.545 e. The Morgan fingerprint density at radius 3 is 2.85 bits per heavy atom. The van der Waals surface area contributed by atoms with E-state index in [0.717, 1.165) is 0 Å². The number of rotatable bonds is 4. The van der Waals surface area contributed by atoms with Crippen LogP contribution in [-0.4, -0.2) is 12.6 Å². The van der Waals surface area contributed by atoms with Crippen molar-refractivity contribution >= 4 is 5.97 Å². The van der Waals surface area contributed by atoms with Crippen molar-refractivity contribution in [2.45, 2.75) is 0 Å². The second-order valence-electron chi connectivity index (χ2n) is 2.38. The number of aromatic carboxylic acids is 1. The highest BCUT2D eigenvalue weighted by Crippen LogP contribution is 2.16. The summed E-state index contributed by atoms with van der Waals surface area (Å²) in [4.78, 5) is 10.6. The minimum Gasteiger partial charge on any atom is -0.545 e. The summed E-state index contributed by atoms with van der Waals surface area (Å²) < 4.78 is 5.11. The molecule has 1 rings (SSSR count). The Morgan fingerprint density at radius 2 is 2.23 bits per heavy atom. The molecule has 1 aromatic rings. The fourth-order valence-corrected chi connectivity index (χ4v) is 0.910. The Bertz CT molecular complexity index is 318. The molecule has 1 aromatic carbocycles. The first-order chi connectivity index (χ1) is 6.25. The number of carbonyl (C=O) groups excluding carboxylic acids is 1. The molecule has 0 saturated heterocycles. The van der Waals surface area contributed by atoms with Gasteiger partial charge in [-0.15, -0.1) is 0 Å². The molecule has 0 saturated carbocycles. The molecule has 13 heavy (non-hydrogen) atoms. The summed E-state index contributed by atoms with van der Waals surface area (Å²) in [6.45, 7) is 3.74. The predicted octanol–water partition coefficient (Wildman–Crippen LogP) is 0.615. The van der Waals surface area contributed by atoms with Crippen LogP contribution in [0.5, 0.6) is 5.75 Å². The van der Waals surface area contributed by atoms with Gasteiger partial charge >= 0.3 is 0 Å². The Kier molecular flexibility index (Phi) is 3.09. The van der Waals surface area contributed by atoms with Gasteiger partial charge in [-0.2, -0.15) is 0 Å². The van der Waals surface area contributed by atoms with E-state index < -0.39 is 5.97 Å². The maximum atomic E-state index is 10.6. The van der Waals surface area contributed by atoms with Gasteiger partial charge in [-0.05, 0) is 12.1 Å². The third-order valence-electron chi connectivity index (χ3n) is 1.46. The van der Waals surface area contributed by atoms with Crippen LogP contribution in [0.1, 0.15) is 10.4 Å². The van der Waals surface area contributed by atoms with Crippen LogP contribution in [-0.2, 0) is 0 Å². The zero-order valence-electron chi connectivity index (χ0n) is 7.03. The molecule has 0 aliphatic carbocycles. The smallest absolute Gasteiger partial charge is 0.128 e. The third-order valence-corrected chi connectivity index (χ3v) is 1.46. The summed E-state index contributed by atoms with van der Waals surface area (Å²) in [5.74, 6) is -0.929. The number of carboxylic acid groups (broad SMARTS) is 1. The van der Waals surface area contributed by atoms with Crippen molar-refractivity contribution in [1.29, 1.82) is 0 Å². The number of carboxylic acids is 1. The highest BCUT2D eigenvalue weighted by Gasteiger charge is 2.01. The van der Waals surface area contributed by atoms with Gasteiger partial charge in [0.2, 0.25) is 0 Å². The van der Waals surface area contributed by atoms with E-state index >= 15 is 0 Å². The van der Waals surface area contributed by atoms with Crippen molar-refractivity contribution in [2.24, 2.45) is 0 Å². The topological polar surface area (TPSA) is 49.4 Å². The Hall–Kier alpha value is -1.77. The Morgan fingerprint density at radius 1 is 1.54 bits per heavy atom. The van der Waals surface area contributed by atoms with Crippen LogP contribution in [0.25, 0.3) is 0 Å². The number of hydrogen-bond acceptors (Lipinski definition) is 3. The zero-order chi connectivity index (χ0) is 9.68. The van der Waals surface area contributed by atoms with Crippen molar-refractivity contribution in [3.8, 4) is 5.75 Å². The molecule has 0 amide bonds. The molecule has 68 valence electrons. The van der Waals surface area contributed by atoms with Crippen LogP contribution in [0.3, 0.4) is 0 Å². The van der Waals surface area contributed by atoms with Gasteiger partial charge in [0.15, 0.2) is 0 Å². The molecular weight excluding hydrogens is 168 g/mol. The summed E-state index contributed by atoms with van der Waals surface area (Å²) in [6, 6.07) is 6.33. The minimum atomic E-state index is -1.24. The van der Waals surface area contributed by atoms with Gasteiger partial charge in [0.25, 0.3) is 0 Å². The van der Waals surface area contributed by atoms with E-state index in [1.807, 2.05) is 0 Å². The maximum Gasteiger partial charge on any atom is 0.128 e. The highest BCUT2D eigenvalue weighted by molar-refractivity contribution is 5.89. The molecule has 0 aliphatic heterocycles. The van der Waals surface area contributed by atoms with Crippen LogP contribution < -0.4 is 9.84 Å². The van der Waals surface area contributed by atoms with Crippen LogP contribution in [0.2, 0.25) is 0 Å². The van der Waals surface area contributed by atoms with Crippen LogP contribution >= 0.6 is 0 Å². The molecule has 0 aliphatic rings.